The van der Waals surface area contributed by atoms with Gasteiger partial charge in [-0.2, -0.15) is 0 Å². The lowest BCUT2D eigenvalue weighted by Gasteiger charge is -2.35. The first-order valence-corrected chi connectivity index (χ1v) is 7.43. The number of ether oxygens (including phenoxy) is 1. The zero-order chi connectivity index (χ0) is 13.8. The van der Waals surface area contributed by atoms with Crippen molar-refractivity contribution < 1.29 is 9.53 Å². The van der Waals surface area contributed by atoms with Crippen molar-refractivity contribution in [2.75, 3.05) is 0 Å². The molecule has 2 heteroatoms. The maximum atomic E-state index is 11.6. The number of benzene rings is 1. The molecule has 3 rings (SSSR count). The fourth-order valence-electron chi connectivity index (χ4n) is 2.90. The van der Waals surface area contributed by atoms with Gasteiger partial charge in [0, 0.05) is 0 Å². The fourth-order valence-corrected chi connectivity index (χ4v) is 2.90. The van der Waals surface area contributed by atoms with Crippen LogP contribution in [0.3, 0.4) is 0 Å². The lowest BCUT2D eigenvalue weighted by molar-refractivity contribution is -0.184. The summed E-state index contributed by atoms with van der Waals surface area (Å²) in [5, 5.41) is 0. The van der Waals surface area contributed by atoms with Crippen LogP contribution in [0.5, 0.6) is 0 Å². The maximum Gasteiger partial charge on any atom is 0.313 e. The van der Waals surface area contributed by atoms with Gasteiger partial charge in [-0.15, -0.1) is 0 Å². The Hall–Kier alpha value is -1.83. The van der Waals surface area contributed by atoms with Crippen molar-refractivity contribution in [1.29, 1.82) is 0 Å². The van der Waals surface area contributed by atoms with Crippen molar-refractivity contribution >= 4 is 5.97 Å². The predicted molar refractivity (Wildman–Crippen MR) is 79.2 cm³/mol. The van der Waals surface area contributed by atoms with Gasteiger partial charge in [0.15, 0.2) is 0 Å². The van der Waals surface area contributed by atoms with Crippen LogP contribution in [0.1, 0.15) is 31.2 Å². The summed E-state index contributed by atoms with van der Waals surface area (Å²) in [6.07, 6.45) is 11.9. The number of carbonyl (C=O) groups excluding carboxylic acids is 1. The molecule has 1 saturated heterocycles. The average molecular weight is 268 g/mol. The summed E-state index contributed by atoms with van der Waals surface area (Å²) >= 11 is 0. The molecule has 0 spiro atoms. The Morgan fingerprint density at radius 2 is 2.00 bits per heavy atom. The van der Waals surface area contributed by atoms with E-state index in [0.29, 0.717) is 0 Å². The highest BCUT2D eigenvalue weighted by atomic mass is 16.6. The number of esters is 1. The maximum absolute atomic E-state index is 11.6. The van der Waals surface area contributed by atoms with Crippen LogP contribution in [0.4, 0.5) is 0 Å². The summed E-state index contributed by atoms with van der Waals surface area (Å²) < 4.78 is 5.32. The van der Waals surface area contributed by atoms with E-state index in [2.05, 4.69) is 30.4 Å². The Bertz CT molecular complexity index is 528. The molecule has 1 aliphatic carbocycles. The van der Waals surface area contributed by atoms with E-state index in [1.807, 2.05) is 18.2 Å². The summed E-state index contributed by atoms with van der Waals surface area (Å²) in [6, 6.07) is 10.2. The molecule has 0 N–H and O–H groups in total. The summed E-state index contributed by atoms with van der Waals surface area (Å²) in [6.45, 7) is 0. The highest BCUT2D eigenvalue weighted by Crippen LogP contribution is 2.31. The molecule has 104 valence electrons. The predicted octanol–water partition coefficient (Wildman–Crippen LogP) is 3.83. The first-order chi connectivity index (χ1) is 9.83. The second kappa shape index (κ2) is 6.08. The molecule has 1 heterocycles. The van der Waals surface area contributed by atoms with Gasteiger partial charge in [-0.1, -0.05) is 54.1 Å². The summed E-state index contributed by atoms with van der Waals surface area (Å²) in [4.78, 5) is 11.6. The van der Waals surface area contributed by atoms with Crippen molar-refractivity contribution in [3.05, 3.63) is 59.7 Å². The van der Waals surface area contributed by atoms with Crippen LogP contribution in [0.25, 0.3) is 0 Å². The van der Waals surface area contributed by atoms with Crippen molar-refractivity contribution in [2.45, 2.75) is 38.2 Å². The van der Waals surface area contributed by atoms with Crippen molar-refractivity contribution in [3.8, 4) is 0 Å². The number of hydrogen-bond acceptors (Lipinski definition) is 2. The minimum Gasteiger partial charge on any atom is -0.461 e. The Morgan fingerprint density at radius 3 is 2.70 bits per heavy atom. The number of rotatable bonds is 5. The molecule has 0 saturated carbocycles. The minimum atomic E-state index is -0.0352. The van der Waals surface area contributed by atoms with Crippen LogP contribution < -0.4 is 0 Å². The largest absolute Gasteiger partial charge is 0.461 e. The third kappa shape index (κ3) is 3.01. The monoisotopic (exact) mass is 268 g/mol. The molecule has 0 amide bonds. The second-order valence-electron chi connectivity index (χ2n) is 5.57. The topological polar surface area (TPSA) is 26.3 Å². The van der Waals surface area contributed by atoms with E-state index in [1.54, 1.807) is 0 Å². The molecule has 2 nitrogen and oxygen atoms in total. The first-order valence-electron chi connectivity index (χ1n) is 7.43. The Balaban J connectivity index is 1.53. The molecule has 0 bridgehead atoms. The van der Waals surface area contributed by atoms with Crippen LogP contribution in [0.15, 0.2) is 54.1 Å². The van der Waals surface area contributed by atoms with Gasteiger partial charge in [-0.05, 0) is 37.7 Å². The van der Waals surface area contributed by atoms with Crippen molar-refractivity contribution in [2.24, 2.45) is 5.92 Å². The molecule has 2 atom stereocenters. The van der Waals surface area contributed by atoms with Crippen LogP contribution in [-0.2, 0) is 16.0 Å². The molecule has 1 aliphatic heterocycles. The molecule has 0 radical (unpaired) electrons. The van der Waals surface area contributed by atoms with E-state index in [0.717, 1.165) is 32.1 Å². The zero-order valence-electron chi connectivity index (χ0n) is 11.6. The van der Waals surface area contributed by atoms with E-state index in [1.165, 1.54) is 11.1 Å². The molecule has 1 aromatic rings. The second-order valence-corrected chi connectivity index (χ2v) is 5.57. The minimum absolute atomic E-state index is 0.0352. The van der Waals surface area contributed by atoms with Crippen molar-refractivity contribution in [1.82, 2.24) is 0 Å². The molecule has 1 fully saturated rings. The number of carbonyl (C=O) groups is 1. The number of allylic oxidation sites excluding steroid dienone is 4. The third-order valence-electron chi connectivity index (χ3n) is 4.11. The summed E-state index contributed by atoms with van der Waals surface area (Å²) in [7, 11) is 0. The standard InChI is InChI=1S/C18H20O2/c19-18-16(13-15-9-5-2-6-10-15)17(20-18)12-11-14-7-3-1-4-8-14/h2-3,5-10,16-17H,1,4,11-13H2. The molecular formula is C18H20O2. The van der Waals surface area contributed by atoms with E-state index in [-0.39, 0.29) is 18.0 Å². The number of cyclic esters (lactones) is 1. The van der Waals surface area contributed by atoms with Crippen LogP contribution >= 0.6 is 0 Å². The van der Waals surface area contributed by atoms with Gasteiger partial charge < -0.3 is 4.74 Å². The Morgan fingerprint density at radius 1 is 1.15 bits per heavy atom. The lowest BCUT2D eigenvalue weighted by atomic mass is 9.86. The van der Waals surface area contributed by atoms with Gasteiger partial charge in [-0.25, -0.2) is 0 Å². The van der Waals surface area contributed by atoms with E-state index >= 15 is 0 Å². The summed E-state index contributed by atoms with van der Waals surface area (Å²) in [5.74, 6) is 0.0117. The van der Waals surface area contributed by atoms with Gasteiger partial charge >= 0.3 is 5.97 Å². The Labute approximate surface area is 120 Å². The highest BCUT2D eigenvalue weighted by Gasteiger charge is 2.41. The van der Waals surface area contributed by atoms with Gasteiger partial charge in [0.2, 0.25) is 0 Å². The smallest absolute Gasteiger partial charge is 0.313 e. The van der Waals surface area contributed by atoms with E-state index in [9.17, 15) is 4.79 Å². The van der Waals surface area contributed by atoms with E-state index < -0.39 is 0 Å². The highest BCUT2D eigenvalue weighted by molar-refractivity contribution is 5.78. The molecule has 2 aliphatic rings. The van der Waals surface area contributed by atoms with E-state index in [4.69, 9.17) is 4.74 Å². The zero-order valence-corrected chi connectivity index (χ0v) is 11.6. The van der Waals surface area contributed by atoms with Crippen LogP contribution in [0.2, 0.25) is 0 Å². The normalized spacial score (nSPS) is 24.8. The Kier molecular flexibility index (Phi) is 4.00. The fraction of sp³-hybridized carbons (Fsp3) is 0.389. The van der Waals surface area contributed by atoms with Gasteiger partial charge in [0.1, 0.15) is 6.10 Å². The third-order valence-corrected chi connectivity index (χ3v) is 4.11. The summed E-state index contributed by atoms with van der Waals surface area (Å²) in [5.41, 5.74) is 2.61. The average Bonchev–Trinajstić information content (AvgIpc) is 2.51. The molecule has 20 heavy (non-hydrogen) atoms. The van der Waals surface area contributed by atoms with Gasteiger partial charge in [-0.3, -0.25) is 4.79 Å². The van der Waals surface area contributed by atoms with Crippen molar-refractivity contribution in [3.63, 3.8) is 0 Å². The SMILES string of the molecule is O=C1OC(CCC2=CCCC=C2)C1Cc1ccccc1. The molecule has 0 aromatic heterocycles. The number of hydrogen-bond donors (Lipinski definition) is 0. The molecule has 2 unspecified atom stereocenters. The van der Waals surface area contributed by atoms with Gasteiger partial charge in [0.25, 0.3) is 0 Å². The quantitative estimate of drug-likeness (QED) is 0.759. The molecule has 1 aromatic carbocycles. The van der Waals surface area contributed by atoms with Crippen LogP contribution in [0, 0.1) is 5.92 Å². The molecular weight excluding hydrogens is 248 g/mol. The lowest BCUT2D eigenvalue weighted by Crippen LogP contribution is -2.46. The first kappa shape index (κ1) is 13.2. The van der Waals surface area contributed by atoms with Crippen LogP contribution in [-0.4, -0.2) is 12.1 Å². The van der Waals surface area contributed by atoms with Gasteiger partial charge in [0.05, 0.1) is 5.92 Å².